The summed E-state index contributed by atoms with van der Waals surface area (Å²) in [7, 11) is 0. The Labute approximate surface area is 114 Å². The zero-order valence-corrected chi connectivity index (χ0v) is 10.8. The molecule has 0 aliphatic carbocycles. The van der Waals surface area contributed by atoms with Gasteiger partial charge in [-0.05, 0) is 30.7 Å². The number of hydrogen-bond donors (Lipinski definition) is 2. The van der Waals surface area contributed by atoms with E-state index >= 15 is 0 Å². The minimum atomic E-state index is -4.37. The quantitative estimate of drug-likeness (QED) is 0.903. The lowest BCUT2D eigenvalue weighted by Crippen LogP contribution is -2.12. The fourth-order valence-corrected chi connectivity index (χ4v) is 1.84. The van der Waals surface area contributed by atoms with E-state index in [2.05, 4.69) is 10.3 Å². The number of nitrogens with zero attached hydrogens (tertiary/aromatic N) is 1. The van der Waals surface area contributed by atoms with Gasteiger partial charge in [-0.25, -0.2) is 4.98 Å². The van der Waals surface area contributed by atoms with Crippen molar-refractivity contribution in [3.63, 3.8) is 0 Å². The molecule has 0 aliphatic heterocycles. The molecule has 3 nitrogen and oxygen atoms in total. The number of nitrogens with two attached hydrogens (primary N) is 1. The van der Waals surface area contributed by atoms with Gasteiger partial charge in [0.1, 0.15) is 5.82 Å². The van der Waals surface area contributed by atoms with E-state index in [1.165, 1.54) is 12.1 Å². The number of anilines is 2. The third-order valence-electron chi connectivity index (χ3n) is 2.83. The zero-order chi connectivity index (χ0) is 14.8. The highest BCUT2D eigenvalue weighted by Gasteiger charge is 2.32. The Kier molecular flexibility index (Phi) is 3.83. The molecule has 0 bridgehead atoms. The molecular weight excluding hydrogens is 267 g/mol. The standard InChI is InChI=1S/C14H14F3N3/c1-9-6-7-12(18)13(20-9)19-8-10-4-2-3-5-11(10)14(15,16)17/h2-7H,8,18H2,1H3,(H,19,20). The van der Waals surface area contributed by atoms with Gasteiger partial charge < -0.3 is 11.1 Å². The molecule has 0 aliphatic rings. The molecular formula is C14H14F3N3. The monoisotopic (exact) mass is 281 g/mol. The van der Waals surface area contributed by atoms with Crippen molar-refractivity contribution in [2.24, 2.45) is 0 Å². The van der Waals surface area contributed by atoms with Gasteiger partial charge in [0, 0.05) is 12.2 Å². The number of pyridine rings is 1. The number of nitrogen functional groups attached to an aromatic ring is 1. The van der Waals surface area contributed by atoms with Crippen LogP contribution in [0.4, 0.5) is 24.7 Å². The topological polar surface area (TPSA) is 50.9 Å². The summed E-state index contributed by atoms with van der Waals surface area (Å²) in [6.45, 7) is 1.80. The maximum atomic E-state index is 12.8. The zero-order valence-electron chi connectivity index (χ0n) is 10.8. The third kappa shape index (κ3) is 3.20. The predicted octanol–water partition coefficient (Wildman–Crippen LogP) is 3.60. The van der Waals surface area contributed by atoms with Gasteiger partial charge in [0.15, 0.2) is 0 Å². The van der Waals surface area contributed by atoms with Crippen LogP contribution in [0.2, 0.25) is 0 Å². The highest BCUT2D eigenvalue weighted by molar-refractivity contribution is 5.61. The molecule has 0 amide bonds. The molecule has 0 radical (unpaired) electrons. The highest BCUT2D eigenvalue weighted by Crippen LogP contribution is 2.32. The van der Waals surface area contributed by atoms with Crippen LogP contribution >= 0.6 is 0 Å². The number of halogens is 3. The summed E-state index contributed by atoms with van der Waals surface area (Å²) in [6, 6.07) is 8.83. The number of hydrogen-bond acceptors (Lipinski definition) is 3. The Balaban J connectivity index is 2.21. The largest absolute Gasteiger partial charge is 0.416 e. The molecule has 1 aromatic carbocycles. The van der Waals surface area contributed by atoms with E-state index in [9.17, 15) is 13.2 Å². The Morgan fingerprint density at radius 1 is 1.15 bits per heavy atom. The van der Waals surface area contributed by atoms with E-state index < -0.39 is 11.7 Å². The van der Waals surface area contributed by atoms with Crippen molar-refractivity contribution in [1.82, 2.24) is 4.98 Å². The summed E-state index contributed by atoms with van der Waals surface area (Å²) in [6.07, 6.45) is -4.37. The number of nitrogens with one attached hydrogen (secondary N) is 1. The van der Waals surface area contributed by atoms with Crippen molar-refractivity contribution in [2.45, 2.75) is 19.6 Å². The fourth-order valence-electron chi connectivity index (χ4n) is 1.84. The summed E-state index contributed by atoms with van der Waals surface area (Å²) < 4.78 is 38.5. The maximum Gasteiger partial charge on any atom is 0.416 e. The van der Waals surface area contributed by atoms with Crippen molar-refractivity contribution in [2.75, 3.05) is 11.1 Å². The second kappa shape index (κ2) is 5.40. The molecule has 3 N–H and O–H groups in total. The average molecular weight is 281 g/mol. The van der Waals surface area contributed by atoms with Crippen molar-refractivity contribution in [3.05, 3.63) is 53.2 Å². The second-order valence-corrected chi connectivity index (χ2v) is 4.40. The van der Waals surface area contributed by atoms with Gasteiger partial charge in [0.05, 0.1) is 11.3 Å². The van der Waals surface area contributed by atoms with Crippen molar-refractivity contribution < 1.29 is 13.2 Å². The number of aromatic nitrogens is 1. The predicted molar refractivity (Wildman–Crippen MR) is 72.2 cm³/mol. The number of alkyl halides is 3. The summed E-state index contributed by atoms with van der Waals surface area (Å²) in [5, 5.41) is 2.85. The lowest BCUT2D eigenvalue weighted by Gasteiger charge is -2.14. The van der Waals surface area contributed by atoms with Crippen molar-refractivity contribution >= 4 is 11.5 Å². The molecule has 2 aromatic rings. The Morgan fingerprint density at radius 2 is 1.85 bits per heavy atom. The summed E-state index contributed by atoms with van der Waals surface area (Å²) in [5.41, 5.74) is 6.38. The normalized spacial score (nSPS) is 11.4. The van der Waals surface area contributed by atoms with Gasteiger partial charge in [-0.15, -0.1) is 0 Å². The van der Waals surface area contributed by atoms with Crippen molar-refractivity contribution in [1.29, 1.82) is 0 Å². The Morgan fingerprint density at radius 3 is 2.55 bits per heavy atom. The summed E-state index contributed by atoms with van der Waals surface area (Å²) in [4.78, 5) is 4.16. The molecule has 6 heteroatoms. The smallest absolute Gasteiger partial charge is 0.396 e. The molecule has 106 valence electrons. The van der Waals surface area contributed by atoms with Crippen LogP contribution in [0, 0.1) is 6.92 Å². The number of aryl methyl sites for hydroxylation is 1. The van der Waals surface area contributed by atoms with E-state index in [4.69, 9.17) is 5.73 Å². The minimum absolute atomic E-state index is 0.0103. The van der Waals surface area contributed by atoms with Gasteiger partial charge in [0.2, 0.25) is 0 Å². The molecule has 0 atom stereocenters. The molecule has 0 saturated carbocycles. The maximum absolute atomic E-state index is 12.8. The van der Waals surface area contributed by atoms with Gasteiger partial charge in [0.25, 0.3) is 0 Å². The van der Waals surface area contributed by atoms with Crippen LogP contribution in [-0.4, -0.2) is 4.98 Å². The first kappa shape index (κ1) is 14.2. The van der Waals surface area contributed by atoms with Crippen LogP contribution in [0.3, 0.4) is 0 Å². The Bertz CT molecular complexity index is 609. The molecule has 0 spiro atoms. The van der Waals surface area contributed by atoms with E-state index in [-0.39, 0.29) is 12.1 Å². The van der Waals surface area contributed by atoms with E-state index in [0.717, 1.165) is 11.8 Å². The van der Waals surface area contributed by atoms with Crippen LogP contribution in [-0.2, 0) is 12.7 Å². The first-order chi connectivity index (χ1) is 9.38. The van der Waals surface area contributed by atoms with Crippen LogP contribution in [0.5, 0.6) is 0 Å². The third-order valence-corrected chi connectivity index (χ3v) is 2.83. The molecule has 0 saturated heterocycles. The van der Waals surface area contributed by atoms with E-state index in [1.54, 1.807) is 25.1 Å². The van der Waals surface area contributed by atoms with Gasteiger partial charge in [-0.3, -0.25) is 0 Å². The van der Waals surface area contributed by atoms with Gasteiger partial charge in [-0.1, -0.05) is 18.2 Å². The molecule has 0 fully saturated rings. The Hall–Kier alpha value is -2.24. The summed E-state index contributed by atoms with van der Waals surface area (Å²) in [5.74, 6) is 0.391. The SMILES string of the molecule is Cc1ccc(N)c(NCc2ccccc2C(F)(F)F)n1. The summed E-state index contributed by atoms with van der Waals surface area (Å²) >= 11 is 0. The molecule has 2 rings (SSSR count). The lowest BCUT2D eigenvalue weighted by molar-refractivity contribution is -0.138. The van der Waals surface area contributed by atoms with Gasteiger partial charge >= 0.3 is 6.18 Å². The number of rotatable bonds is 3. The van der Waals surface area contributed by atoms with Crippen LogP contribution in [0.15, 0.2) is 36.4 Å². The van der Waals surface area contributed by atoms with Crippen LogP contribution in [0.25, 0.3) is 0 Å². The molecule has 1 aromatic heterocycles. The minimum Gasteiger partial charge on any atom is -0.396 e. The van der Waals surface area contributed by atoms with Crippen LogP contribution < -0.4 is 11.1 Å². The number of benzene rings is 1. The molecule has 1 heterocycles. The highest BCUT2D eigenvalue weighted by atomic mass is 19.4. The molecule has 0 unspecified atom stereocenters. The van der Waals surface area contributed by atoms with Crippen molar-refractivity contribution in [3.8, 4) is 0 Å². The fraction of sp³-hybridized carbons (Fsp3) is 0.214. The van der Waals surface area contributed by atoms with Gasteiger partial charge in [-0.2, -0.15) is 13.2 Å². The second-order valence-electron chi connectivity index (χ2n) is 4.40. The van der Waals surface area contributed by atoms with Crippen LogP contribution in [0.1, 0.15) is 16.8 Å². The lowest BCUT2D eigenvalue weighted by atomic mass is 10.1. The van der Waals surface area contributed by atoms with E-state index in [0.29, 0.717) is 11.5 Å². The average Bonchev–Trinajstić information content (AvgIpc) is 2.39. The molecule has 20 heavy (non-hydrogen) atoms. The first-order valence-electron chi connectivity index (χ1n) is 6.00. The first-order valence-corrected chi connectivity index (χ1v) is 6.00. The van der Waals surface area contributed by atoms with E-state index in [1.807, 2.05) is 0 Å².